The number of nitrogen functional groups attached to an aromatic ring is 1. The minimum atomic E-state index is -3.83. The van der Waals surface area contributed by atoms with Gasteiger partial charge < -0.3 is 15.7 Å². The fourth-order valence-corrected chi connectivity index (χ4v) is 1.85. The lowest BCUT2D eigenvalue weighted by molar-refractivity contribution is -0.135. The monoisotopic (exact) mass is 259 g/mol. The number of benzene rings is 1. The summed E-state index contributed by atoms with van der Waals surface area (Å²) in [6.45, 7) is -0.293. The van der Waals surface area contributed by atoms with Crippen LogP contribution in [0.4, 0.5) is 11.4 Å². The van der Waals surface area contributed by atoms with Crippen LogP contribution < -0.4 is 15.8 Å². The Morgan fingerprint density at radius 2 is 2.06 bits per heavy atom. The summed E-state index contributed by atoms with van der Waals surface area (Å²) in [7, 11) is -2.34. The van der Waals surface area contributed by atoms with E-state index in [1.807, 2.05) is 0 Å². The van der Waals surface area contributed by atoms with Gasteiger partial charge in [0.15, 0.2) is 0 Å². The van der Waals surface area contributed by atoms with E-state index in [4.69, 9.17) is 16.0 Å². The molecule has 0 saturated carbocycles. The summed E-state index contributed by atoms with van der Waals surface area (Å²) in [5.41, 5.74) is 6.22. The molecule has 8 heteroatoms. The van der Waals surface area contributed by atoms with Crippen molar-refractivity contribution in [3.63, 3.8) is 0 Å². The average Bonchev–Trinajstić information content (AvgIpc) is 2.15. The molecule has 0 fully saturated rings. The number of anilines is 2. The van der Waals surface area contributed by atoms with Gasteiger partial charge in [-0.15, -0.1) is 0 Å². The van der Waals surface area contributed by atoms with E-state index >= 15 is 0 Å². The number of carboxylic acid groups (broad SMARTS) is 1. The van der Waals surface area contributed by atoms with E-state index in [1.165, 1.54) is 30.1 Å². The number of nitrogens with two attached hydrogens (primary N) is 2. The van der Waals surface area contributed by atoms with Gasteiger partial charge in [0.2, 0.25) is 10.0 Å². The second-order valence-electron chi connectivity index (χ2n) is 3.52. The summed E-state index contributed by atoms with van der Waals surface area (Å²) >= 11 is 0. The van der Waals surface area contributed by atoms with Gasteiger partial charge in [-0.05, 0) is 18.2 Å². The molecule has 94 valence electrons. The Morgan fingerprint density at radius 3 is 2.53 bits per heavy atom. The van der Waals surface area contributed by atoms with E-state index in [0.29, 0.717) is 5.69 Å². The number of hydrogen-bond acceptors (Lipinski definition) is 5. The largest absolute Gasteiger partial charge is 0.480 e. The maximum atomic E-state index is 11.1. The summed E-state index contributed by atoms with van der Waals surface area (Å²) in [6.07, 6.45) is 0. The predicted octanol–water partition coefficient (Wildman–Crippen LogP) is -0.563. The molecular formula is C9H13N3O4S. The zero-order chi connectivity index (χ0) is 13.2. The van der Waals surface area contributed by atoms with Gasteiger partial charge in [-0.25, -0.2) is 13.6 Å². The van der Waals surface area contributed by atoms with E-state index in [0.717, 1.165) is 0 Å². The highest BCUT2D eigenvalue weighted by Gasteiger charge is 2.14. The summed E-state index contributed by atoms with van der Waals surface area (Å²) < 4.78 is 22.3. The fourth-order valence-electron chi connectivity index (χ4n) is 1.32. The van der Waals surface area contributed by atoms with Crippen LogP contribution in [0.5, 0.6) is 0 Å². The van der Waals surface area contributed by atoms with Gasteiger partial charge in [-0.2, -0.15) is 0 Å². The van der Waals surface area contributed by atoms with Gasteiger partial charge in [0.1, 0.15) is 6.54 Å². The number of primary sulfonamides is 1. The molecule has 0 aliphatic carbocycles. The standard InChI is InChI=1S/C9H13N3O4S/c1-12(5-9(13)14)8-4-6(17(11,15)16)2-3-7(8)10/h2-4H,5,10H2,1H3,(H,13,14)(H2,11,15,16). The summed E-state index contributed by atoms with van der Waals surface area (Å²) in [5.74, 6) is -1.05. The molecule has 7 nitrogen and oxygen atoms in total. The van der Waals surface area contributed by atoms with Gasteiger partial charge in [0, 0.05) is 7.05 Å². The summed E-state index contributed by atoms with van der Waals surface area (Å²) in [6, 6.07) is 3.88. The molecule has 17 heavy (non-hydrogen) atoms. The lowest BCUT2D eigenvalue weighted by atomic mass is 10.2. The highest BCUT2D eigenvalue weighted by Crippen LogP contribution is 2.25. The van der Waals surface area contributed by atoms with Crippen molar-refractivity contribution in [2.75, 3.05) is 24.2 Å². The molecule has 1 rings (SSSR count). The maximum absolute atomic E-state index is 11.1. The molecule has 0 amide bonds. The fraction of sp³-hybridized carbons (Fsp3) is 0.222. The summed E-state index contributed by atoms with van der Waals surface area (Å²) in [5, 5.41) is 13.6. The first kappa shape index (κ1) is 13.3. The van der Waals surface area contributed by atoms with E-state index in [1.54, 1.807) is 0 Å². The van der Waals surface area contributed by atoms with E-state index in [-0.39, 0.29) is 17.1 Å². The van der Waals surface area contributed by atoms with E-state index in [9.17, 15) is 13.2 Å². The van der Waals surface area contributed by atoms with Crippen LogP contribution in [0.3, 0.4) is 0 Å². The zero-order valence-corrected chi connectivity index (χ0v) is 9.94. The van der Waals surface area contributed by atoms with Gasteiger partial charge in [-0.3, -0.25) is 4.79 Å². The molecule has 0 aliphatic heterocycles. The Kier molecular flexibility index (Phi) is 3.59. The first-order valence-corrected chi connectivity index (χ1v) is 6.11. The van der Waals surface area contributed by atoms with Crippen molar-refractivity contribution in [2.24, 2.45) is 5.14 Å². The predicted molar refractivity (Wildman–Crippen MR) is 63.1 cm³/mol. The van der Waals surface area contributed by atoms with Crippen LogP contribution in [0.2, 0.25) is 0 Å². The van der Waals surface area contributed by atoms with Crippen LogP contribution in [-0.2, 0) is 14.8 Å². The van der Waals surface area contributed by atoms with Crippen molar-refractivity contribution >= 4 is 27.4 Å². The van der Waals surface area contributed by atoms with Crippen molar-refractivity contribution in [1.29, 1.82) is 0 Å². The van der Waals surface area contributed by atoms with Crippen LogP contribution in [0.15, 0.2) is 23.1 Å². The van der Waals surface area contributed by atoms with Crippen molar-refractivity contribution < 1.29 is 18.3 Å². The molecule has 0 aromatic heterocycles. The number of carbonyl (C=O) groups is 1. The molecular weight excluding hydrogens is 246 g/mol. The number of carboxylic acids is 1. The Balaban J connectivity index is 3.19. The van der Waals surface area contributed by atoms with Gasteiger partial charge >= 0.3 is 5.97 Å². The van der Waals surface area contributed by atoms with Gasteiger partial charge in [-0.1, -0.05) is 0 Å². The number of hydrogen-bond donors (Lipinski definition) is 3. The molecule has 0 heterocycles. The Hall–Kier alpha value is -1.80. The highest BCUT2D eigenvalue weighted by atomic mass is 32.2. The smallest absolute Gasteiger partial charge is 0.323 e. The lowest BCUT2D eigenvalue weighted by Crippen LogP contribution is -2.26. The SMILES string of the molecule is CN(CC(=O)O)c1cc(S(N)(=O)=O)ccc1N. The van der Waals surface area contributed by atoms with Gasteiger partial charge in [0.05, 0.1) is 16.3 Å². The van der Waals surface area contributed by atoms with E-state index in [2.05, 4.69) is 0 Å². The number of rotatable bonds is 4. The van der Waals surface area contributed by atoms with Crippen molar-refractivity contribution in [3.8, 4) is 0 Å². The minimum Gasteiger partial charge on any atom is -0.480 e. The Labute approximate surface area is 98.7 Å². The molecule has 0 atom stereocenters. The molecule has 1 aromatic carbocycles. The van der Waals surface area contributed by atoms with Crippen molar-refractivity contribution in [1.82, 2.24) is 0 Å². The molecule has 0 radical (unpaired) electrons. The Morgan fingerprint density at radius 1 is 1.47 bits per heavy atom. The lowest BCUT2D eigenvalue weighted by Gasteiger charge is -2.19. The molecule has 0 saturated heterocycles. The summed E-state index contributed by atoms with van der Waals surface area (Å²) in [4.78, 5) is 11.8. The zero-order valence-electron chi connectivity index (χ0n) is 9.12. The molecule has 0 spiro atoms. The van der Waals surface area contributed by atoms with Crippen LogP contribution in [0, 0.1) is 0 Å². The first-order valence-electron chi connectivity index (χ1n) is 4.57. The third-order valence-electron chi connectivity index (χ3n) is 2.11. The van der Waals surface area contributed by atoms with Crippen LogP contribution in [0.1, 0.15) is 0 Å². The van der Waals surface area contributed by atoms with Crippen LogP contribution in [0.25, 0.3) is 0 Å². The van der Waals surface area contributed by atoms with Crippen LogP contribution >= 0.6 is 0 Å². The number of aliphatic carboxylic acids is 1. The van der Waals surface area contributed by atoms with E-state index < -0.39 is 16.0 Å². The van der Waals surface area contributed by atoms with Crippen molar-refractivity contribution in [3.05, 3.63) is 18.2 Å². The number of likely N-dealkylation sites (N-methyl/N-ethyl adjacent to an activating group) is 1. The molecule has 1 aromatic rings. The number of nitrogens with zero attached hydrogens (tertiary/aromatic N) is 1. The maximum Gasteiger partial charge on any atom is 0.323 e. The second kappa shape index (κ2) is 4.60. The third-order valence-corrected chi connectivity index (χ3v) is 3.03. The minimum absolute atomic E-state index is 0.112. The molecule has 5 N–H and O–H groups in total. The number of sulfonamides is 1. The Bertz CT molecular complexity index is 541. The highest BCUT2D eigenvalue weighted by molar-refractivity contribution is 7.89. The average molecular weight is 259 g/mol. The second-order valence-corrected chi connectivity index (χ2v) is 5.08. The quantitative estimate of drug-likeness (QED) is 0.622. The topological polar surface area (TPSA) is 127 Å². The normalized spacial score (nSPS) is 11.2. The van der Waals surface area contributed by atoms with Crippen LogP contribution in [-0.4, -0.2) is 33.1 Å². The van der Waals surface area contributed by atoms with Gasteiger partial charge in [0.25, 0.3) is 0 Å². The first-order chi connectivity index (χ1) is 7.71. The third kappa shape index (κ3) is 3.33. The molecule has 0 bridgehead atoms. The molecule has 0 unspecified atom stereocenters. The van der Waals surface area contributed by atoms with Crippen molar-refractivity contribution in [2.45, 2.75) is 4.90 Å². The molecule has 0 aliphatic rings.